The lowest BCUT2D eigenvalue weighted by atomic mass is 9.91. The Bertz CT molecular complexity index is 1140. The maximum absolute atomic E-state index is 14.8. The second-order valence-corrected chi connectivity index (χ2v) is 9.27. The minimum atomic E-state index is -0.377. The molecule has 0 radical (unpaired) electrons. The molecule has 2 heterocycles. The molecule has 6 nitrogen and oxygen atoms in total. The molecule has 0 unspecified atom stereocenters. The molecule has 8 heteroatoms. The summed E-state index contributed by atoms with van der Waals surface area (Å²) in [6.07, 6.45) is 8.04. The minimum Gasteiger partial charge on any atom is -0.368 e. The van der Waals surface area contributed by atoms with Crippen molar-refractivity contribution in [2.45, 2.75) is 52.0 Å². The number of fused-ring (bicyclic) bond motifs is 1. The molecule has 3 N–H and O–H groups in total. The molecule has 0 aliphatic heterocycles. The van der Waals surface area contributed by atoms with Gasteiger partial charge in [0.15, 0.2) is 0 Å². The number of aromatic nitrogens is 3. The zero-order chi connectivity index (χ0) is 22.0. The summed E-state index contributed by atoms with van der Waals surface area (Å²) in [5.41, 5.74) is 7.35. The summed E-state index contributed by atoms with van der Waals surface area (Å²) < 4.78 is 19.6. The molecule has 31 heavy (non-hydrogen) atoms. The molecule has 1 fully saturated rings. The summed E-state index contributed by atoms with van der Waals surface area (Å²) in [4.78, 5) is 21.5. The van der Waals surface area contributed by atoms with E-state index < -0.39 is 0 Å². The number of nitrogens with two attached hydrogens (primary N) is 1. The molecule has 1 aliphatic rings. The van der Waals surface area contributed by atoms with Crippen molar-refractivity contribution in [1.29, 1.82) is 0 Å². The molecule has 0 bridgehead atoms. The number of nitrogens with zero attached hydrogens (tertiary/aromatic N) is 3. The highest BCUT2D eigenvalue weighted by atomic mass is 32.2. The van der Waals surface area contributed by atoms with Crippen molar-refractivity contribution in [2.24, 2.45) is 5.92 Å². The van der Waals surface area contributed by atoms with Crippen molar-refractivity contribution in [3.63, 3.8) is 0 Å². The van der Waals surface area contributed by atoms with Crippen molar-refractivity contribution in [2.75, 3.05) is 16.2 Å². The SMILES string of the molecule is CC(C)n1c(=O)c(-c2ccc(NSCC3CCCCC3)c(F)c2)cc2cnc(N)nc21. The van der Waals surface area contributed by atoms with Gasteiger partial charge in [-0.3, -0.25) is 9.36 Å². The van der Waals surface area contributed by atoms with E-state index in [1.807, 2.05) is 13.8 Å². The van der Waals surface area contributed by atoms with Gasteiger partial charge in [0.1, 0.15) is 11.5 Å². The Kier molecular flexibility index (Phi) is 6.46. The first-order valence-corrected chi connectivity index (χ1v) is 11.8. The maximum atomic E-state index is 14.8. The van der Waals surface area contributed by atoms with Crippen LogP contribution in [0.15, 0.2) is 35.3 Å². The van der Waals surface area contributed by atoms with Crippen LogP contribution in [-0.2, 0) is 0 Å². The Labute approximate surface area is 185 Å². The van der Waals surface area contributed by atoms with Crippen LogP contribution < -0.4 is 16.0 Å². The Hall–Kier alpha value is -2.61. The number of anilines is 2. The molecule has 1 saturated carbocycles. The Morgan fingerprint density at radius 3 is 2.74 bits per heavy atom. The van der Waals surface area contributed by atoms with E-state index in [0.717, 1.165) is 5.75 Å². The van der Waals surface area contributed by atoms with Crippen LogP contribution in [0.3, 0.4) is 0 Å². The molecule has 2 aromatic heterocycles. The van der Waals surface area contributed by atoms with Gasteiger partial charge in [-0.15, -0.1) is 0 Å². The molecule has 1 aliphatic carbocycles. The Morgan fingerprint density at radius 2 is 2.03 bits per heavy atom. The summed E-state index contributed by atoms with van der Waals surface area (Å²) in [6.45, 7) is 3.81. The molecular weight excluding hydrogens is 413 g/mol. The van der Waals surface area contributed by atoms with Gasteiger partial charge in [-0.1, -0.05) is 37.3 Å². The molecule has 0 atom stereocenters. The van der Waals surface area contributed by atoms with Crippen LogP contribution in [0.4, 0.5) is 16.0 Å². The maximum Gasteiger partial charge on any atom is 0.260 e. The van der Waals surface area contributed by atoms with Gasteiger partial charge in [-0.05, 0) is 56.4 Å². The van der Waals surface area contributed by atoms with Crippen molar-refractivity contribution >= 4 is 34.6 Å². The highest BCUT2D eigenvalue weighted by Gasteiger charge is 2.17. The topological polar surface area (TPSA) is 85.8 Å². The lowest BCUT2D eigenvalue weighted by molar-refractivity contribution is 0.391. The molecule has 0 saturated heterocycles. The number of rotatable bonds is 6. The predicted molar refractivity (Wildman–Crippen MR) is 127 cm³/mol. The van der Waals surface area contributed by atoms with Crippen LogP contribution in [0, 0.1) is 11.7 Å². The number of hydrogen-bond donors (Lipinski definition) is 2. The second-order valence-electron chi connectivity index (χ2n) is 8.45. The van der Waals surface area contributed by atoms with Crippen LogP contribution in [-0.4, -0.2) is 20.3 Å². The van der Waals surface area contributed by atoms with E-state index in [0.29, 0.717) is 33.8 Å². The standard InChI is InChI=1S/C23H28FN5OS/c1-14(2)29-21-17(12-26-23(25)27-21)10-18(22(29)30)16-8-9-20(19(24)11-16)28-31-13-15-6-4-3-5-7-15/h8-12,14-15,28H,3-7,13H2,1-2H3,(H2,25,26,27). The van der Waals surface area contributed by atoms with E-state index in [4.69, 9.17) is 5.73 Å². The molecule has 4 rings (SSSR count). The van der Waals surface area contributed by atoms with Crippen molar-refractivity contribution < 1.29 is 4.39 Å². The highest BCUT2D eigenvalue weighted by molar-refractivity contribution is 8.00. The average molecular weight is 442 g/mol. The monoisotopic (exact) mass is 441 g/mol. The van der Waals surface area contributed by atoms with Gasteiger partial charge >= 0.3 is 0 Å². The molecule has 0 spiro atoms. The van der Waals surface area contributed by atoms with E-state index in [9.17, 15) is 9.18 Å². The molecule has 164 valence electrons. The number of nitrogens with one attached hydrogen (secondary N) is 1. The van der Waals surface area contributed by atoms with E-state index in [1.165, 1.54) is 38.2 Å². The lowest BCUT2D eigenvalue weighted by Crippen LogP contribution is -2.25. The summed E-state index contributed by atoms with van der Waals surface area (Å²) in [6, 6.07) is 6.45. The van der Waals surface area contributed by atoms with E-state index >= 15 is 0 Å². The largest absolute Gasteiger partial charge is 0.368 e. The van der Waals surface area contributed by atoms with E-state index in [1.54, 1.807) is 40.9 Å². The van der Waals surface area contributed by atoms with Gasteiger partial charge < -0.3 is 10.5 Å². The zero-order valence-corrected chi connectivity index (χ0v) is 18.7. The fraction of sp³-hybridized carbons (Fsp3) is 0.435. The van der Waals surface area contributed by atoms with Crippen molar-refractivity contribution in [1.82, 2.24) is 14.5 Å². The van der Waals surface area contributed by atoms with Crippen LogP contribution in [0.5, 0.6) is 0 Å². The highest BCUT2D eigenvalue weighted by Crippen LogP contribution is 2.29. The number of halogens is 1. The van der Waals surface area contributed by atoms with Crippen molar-refractivity contribution in [3.8, 4) is 11.1 Å². The summed E-state index contributed by atoms with van der Waals surface area (Å²) in [5.74, 6) is 1.42. The van der Waals surface area contributed by atoms with Gasteiger partial charge in [0.25, 0.3) is 5.56 Å². The normalized spacial score (nSPS) is 15.0. The minimum absolute atomic E-state index is 0.112. The number of benzene rings is 1. The third-order valence-electron chi connectivity index (χ3n) is 5.81. The zero-order valence-electron chi connectivity index (χ0n) is 17.9. The smallest absolute Gasteiger partial charge is 0.260 e. The first kappa shape index (κ1) is 21.6. The first-order valence-electron chi connectivity index (χ1n) is 10.8. The van der Waals surface area contributed by atoms with Gasteiger partial charge in [0.2, 0.25) is 5.95 Å². The Morgan fingerprint density at radius 1 is 1.26 bits per heavy atom. The fourth-order valence-corrected chi connectivity index (χ4v) is 5.15. The Balaban J connectivity index is 1.61. The quantitative estimate of drug-likeness (QED) is 0.498. The van der Waals surface area contributed by atoms with Gasteiger partial charge in [-0.2, -0.15) is 4.98 Å². The van der Waals surface area contributed by atoms with Gasteiger partial charge in [0.05, 0.1) is 5.69 Å². The average Bonchev–Trinajstić information content (AvgIpc) is 2.75. The summed E-state index contributed by atoms with van der Waals surface area (Å²) >= 11 is 1.56. The number of nitrogen functional groups attached to an aromatic ring is 1. The van der Waals surface area contributed by atoms with Gasteiger partial charge in [0, 0.05) is 28.9 Å². The van der Waals surface area contributed by atoms with E-state index in [2.05, 4.69) is 14.7 Å². The van der Waals surface area contributed by atoms with Crippen LogP contribution in [0.1, 0.15) is 52.0 Å². The number of pyridine rings is 1. The van der Waals surface area contributed by atoms with Crippen molar-refractivity contribution in [3.05, 3.63) is 46.6 Å². The molecule has 1 aromatic carbocycles. The lowest BCUT2D eigenvalue weighted by Gasteiger charge is -2.21. The van der Waals surface area contributed by atoms with E-state index in [-0.39, 0.29) is 23.4 Å². The van der Waals surface area contributed by atoms with Crippen LogP contribution in [0.25, 0.3) is 22.2 Å². The van der Waals surface area contributed by atoms with Crippen LogP contribution >= 0.6 is 11.9 Å². The molecule has 0 amide bonds. The first-order chi connectivity index (χ1) is 14.9. The summed E-state index contributed by atoms with van der Waals surface area (Å²) in [7, 11) is 0. The molecular formula is C23H28FN5OS. The molecule has 3 aromatic rings. The summed E-state index contributed by atoms with van der Waals surface area (Å²) in [5, 5.41) is 0.683. The number of hydrogen-bond acceptors (Lipinski definition) is 6. The fourth-order valence-electron chi connectivity index (χ4n) is 4.18. The van der Waals surface area contributed by atoms with Gasteiger partial charge in [-0.25, -0.2) is 9.37 Å². The second kappa shape index (κ2) is 9.26. The van der Waals surface area contributed by atoms with Crippen LogP contribution in [0.2, 0.25) is 0 Å². The predicted octanol–water partition coefficient (Wildman–Crippen LogP) is 5.40. The third kappa shape index (κ3) is 4.69. The third-order valence-corrected chi connectivity index (χ3v) is 6.82.